The number of nitrogens with zero attached hydrogens (tertiary/aromatic N) is 2. The molecule has 1 aromatic rings. The molecule has 1 aromatic carbocycles. The lowest BCUT2D eigenvalue weighted by atomic mass is 10.1. The van der Waals surface area contributed by atoms with Gasteiger partial charge in [-0.1, -0.05) is 0 Å². The Morgan fingerprint density at radius 1 is 1.30 bits per heavy atom. The number of amides is 2. The zero-order chi connectivity index (χ0) is 19.8. The standard InChI is InChI=1S/C19H26N2O5S/c1-4-26-18(23)13-20(9-10-25-2)19(24)14-11-17(22)21(12-14)15-5-7-16(27-3)8-6-15/h5-8,14H,4,9-13H2,1-3H3. The summed E-state index contributed by atoms with van der Waals surface area (Å²) in [7, 11) is 1.53. The topological polar surface area (TPSA) is 76.1 Å². The Morgan fingerprint density at radius 3 is 2.59 bits per heavy atom. The van der Waals surface area contributed by atoms with Gasteiger partial charge in [0.2, 0.25) is 11.8 Å². The second kappa shape index (κ2) is 10.3. The summed E-state index contributed by atoms with van der Waals surface area (Å²) in [6.07, 6.45) is 2.12. The van der Waals surface area contributed by atoms with Gasteiger partial charge in [0, 0.05) is 37.2 Å². The first kappa shape index (κ1) is 21.2. The molecular weight excluding hydrogens is 368 g/mol. The second-order valence-corrected chi connectivity index (χ2v) is 7.04. The summed E-state index contributed by atoms with van der Waals surface area (Å²) in [5.74, 6) is -1.26. The summed E-state index contributed by atoms with van der Waals surface area (Å²) in [6.45, 7) is 2.74. The molecule has 0 N–H and O–H groups in total. The predicted molar refractivity (Wildman–Crippen MR) is 104 cm³/mol. The van der Waals surface area contributed by atoms with Crippen LogP contribution < -0.4 is 4.90 Å². The smallest absolute Gasteiger partial charge is 0.325 e. The molecule has 1 heterocycles. The van der Waals surface area contributed by atoms with E-state index < -0.39 is 11.9 Å². The summed E-state index contributed by atoms with van der Waals surface area (Å²) in [4.78, 5) is 41.3. The lowest BCUT2D eigenvalue weighted by Gasteiger charge is -2.24. The molecular formula is C19H26N2O5S. The maximum Gasteiger partial charge on any atom is 0.325 e. The number of benzene rings is 1. The number of hydrogen-bond donors (Lipinski definition) is 0. The van der Waals surface area contributed by atoms with Crippen LogP contribution in [0.4, 0.5) is 5.69 Å². The number of anilines is 1. The summed E-state index contributed by atoms with van der Waals surface area (Å²) in [5, 5.41) is 0. The zero-order valence-corrected chi connectivity index (χ0v) is 16.8. The Morgan fingerprint density at radius 2 is 2.00 bits per heavy atom. The van der Waals surface area contributed by atoms with Gasteiger partial charge in [-0.3, -0.25) is 14.4 Å². The van der Waals surface area contributed by atoms with E-state index >= 15 is 0 Å². The van der Waals surface area contributed by atoms with Crippen molar-refractivity contribution < 1.29 is 23.9 Å². The lowest BCUT2D eigenvalue weighted by molar-refractivity contribution is -0.150. The first-order valence-corrected chi connectivity index (χ1v) is 10.1. The molecule has 0 spiro atoms. The molecule has 1 atom stereocenters. The molecule has 0 saturated carbocycles. The van der Waals surface area contributed by atoms with Crippen molar-refractivity contribution in [2.45, 2.75) is 18.2 Å². The number of hydrogen-bond acceptors (Lipinski definition) is 6. The quantitative estimate of drug-likeness (QED) is 0.470. The number of methoxy groups -OCH3 is 1. The minimum atomic E-state index is -0.482. The molecule has 27 heavy (non-hydrogen) atoms. The SMILES string of the molecule is CCOC(=O)CN(CCOC)C(=O)C1CC(=O)N(c2ccc(SC)cc2)C1. The zero-order valence-electron chi connectivity index (χ0n) is 16.0. The number of esters is 1. The maximum atomic E-state index is 12.9. The Hall–Kier alpha value is -2.06. The predicted octanol–water partition coefficient (Wildman–Crippen LogP) is 1.80. The number of ether oxygens (including phenoxy) is 2. The fraction of sp³-hybridized carbons (Fsp3) is 0.526. The molecule has 1 aliphatic rings. The van der Waals surface area contributed by atoms with Crippen molar-refractivity contribution in [2.75, 3.05) is 51.1 Å². The molecule has 0 aliphatic carbocycles. The molecule has 7 nitrogen and oxygen atoms in total. The van der Waals surface area contributed by atoms with E-state index in [4.69, 9.17) is 9.47 Å². The van der Waals surface area contributed by atoms with Crippen LogP contribution in [-0.4, -0.2) is 68.9 Å². The maximum absolute atomic E-state index is 12.9. The number of carbonyl (C=O) groups excluding carboxylic acids is 3. The van der Waals surface area contributed by atoms with E-state index in [1.807, 2.05) is 30.5 Å². The average Bonchev–Trinajstić information content (AvgIpc) is 3.06. The summed E-state index contributed by atoms with van der Waals surface area (Å²) >= 11 is 1.63. The van der Waals surface area contributed by atoms with Gasteiger partial charge in [-0.25, -0.2) is 0 Å². The molecule has 148 valence electrons. The average molecular weight is 394 g/mol. The number of rotatable bonds is 9. The molecule has 1 aliphatic heterocycles. The van der Waals surface area contributed by atoms with Gasteiger partial charge in [-0.05, 0) is 37.4 Å². The van der Waals surface area contributed by atoms with Crippen LogP contribution in [0.1, 0.15) is 13.3 Å². The molecule has 0 aromatic heterocycles. The normalized spacial score (nSPS) is 16.5. The van der Waals surface area contributed by atoms with Gasteiger partial charge < -0.3 is 19.3 Å². The van der Waals surface area contributed by atoms with Crippen LogP contribution in [-0.2, 0) is 23.9 Å². The first-order valence-electron chi connectivity index (χ1n) is 8.87. The minimum Gasteiger partial charge on any atom is -0.465 e. The van der Waals surface area contributed by atoms with Crippen molar-refractivity contribution in [1.29, 1.82) is 0 Å². The molecule has 1 saturated heterocycles. The highest BCUT2D eigenvalue weighted by molar-refractivity contribution is 7.98. The number of thioether (sulfide) groups is 1. The lowest BCUT2D eigenvalue weighted by Crippen LogP contribution is -2.42. The van der Waals surface area contributed by atoms with Crippen LogP contribution in [0.3, 0.4) is 0 Å². The Labute approximate surface area is 164 Å². The highest BCUT2D eigenvalue weighted by Crippen LogP contribution is 2.28. The fourth-order valence-corrected chi connectivity index (χ4v) is 3.38. The highest BCUT2D eigenvalue weighted by Gasteiger charge is 2.37. The van der Waals surface area contributed by atoms with Crippen LogP contribution in [0.15, 0.2) is 29.2 Å². The fourth-order valence-electron chi connectivity index (χ4n) is 2.97. The molecule has 0 bridgehead atoms. The van der Waals surface area contributed by atoms with E-state index in [0.717, 1.165) is 10.6 Å². The monoisotopic (exact) mass is 394 g/mol. The van der Waals surface area contributed by atoms with Crippen LogP contribution in [0.2, 0.25) is 0 Å². The van der Waals surface area contributed by atoms with Crippen molar-refractivity contribution >= 4 is 35.2 Å². The molecule has 2 amide bonds. The molecule has 1 fully saturated rings. The Bertz CT molecular complexity index is 665. The molecule has 0 radical (unpaired) electrons. The number of carbonyl (C=O) groups is 3. The van der Waals surface area contributed by atoms with Crippen molar-refractivity contribution in [3.05, 3.63) is 24.3 Å². The first-order chi connectivity index (χ1) is 13.0. The van der Waals surface area contributed by atoms with E-state index in [1.165, 1.54) is 12.0 Å². The molecule has 8 heteroatoms. The van der Waals surface area contributed by atoms with Crippen LogP contribution in [0.25, 0.3) is 0 Å². The van der Waals surface area contributed by atoms with Crippen molar-refractivity contribution in [1.82, 2.24) is 4.90 Å². The van der Waals surface area contributed by atoms with Crippen LogP contribution in [0.5, 0.6) is 0 Å². The van der Waals surface area contributed by atoms with Crippen LogP contribution in [0, 0.1) is 5.92 Å². The minimum absolute atomic E-state index is 0.0897. The van der Waals surface area contributed by atoms with Crippen molar-refractivity contribution in [3.8, 4) is 0 Å². The summed E-state index contributed by atoms with van der Waals surface area (Å²) < 4.78 is 9.98. The van der Waals surface area contributed by atoms with Gasteiger partial charge in [0.1, 0.15) is 6.54 Å². The van der Waals surface area contributed by atoms with Gasteiger partial charge in [-0.15, -0.1) is 11.8 Å². The third kappa shape index (κ3) is 5.71. The second-order valence-electron chi connectivity index (χ2n) is 6.16. The van der Waals surface area contributed by atoms with E-state index in [9.17, 15) is 14.4 Å². The van der Waals surface area contributed by atoms with Gasteiger partial charge in [0.25, 0.3) is 0 Å². The van der Waals surface area contributed by atoms with Gasteiger partial charge in [0.05, 0.1) is 19.1 Å². The molecule has 2 rings (SSSR count). The van der Waals surface area contributed by atoms with E-state index in [1.54, 1.807) is 23.6 Å². The molecule has 1 unspecified atom stereocenters. The third-order valence-corrected chi connectivity index (χ3v) is 5.10. The van der Waals surface area contributed by atoms with E-state index in [-0.39, 0.29) is 37.9 Å². The largest absolute Gasteiger partial charge is 0.465 e. The van der Waals surface area contributed by atoms with E-state index in [2.05, 4.69) is 0 Å². The van der Waals surface area contributed by atoms with Crippen molar-refractivity contribution in [2.24, 2.45) is 5.92 Å². The Balaban J connectivity index is 2.06. The van der Waals surface area contributed by atoms with E-state index in [0.29, 0.717) is 13.2 Å². The van der Waals surface area contributed by atoms with Crippen molar-refractivity contribution in [3.63, 3.8) is 0 Å². The summed E-state index contributed by atoms with van der Waals surface area (Å²) in [6, 6.07) is 7.68. The van der Waals surface area contributed by atoms with Crippen LogP contribution >= 0.6 is 11.8 Å². The summed E-state index contributed by atoms with van der Waals surface area (Å²) in [5.41, 5.74) is 0.780. The van der Waals surface area contributed by atoms with Gasteiger partial charge >= 0.3 is 5.97 Å². The van der Waals surface area contributed by atoms with Gasteiger partial charge in [0.15, 0.2) is 0 Å². The Kier molecular flexibility index (Phi) is 8.12. The highest BCUT2D eigenvalue weighted by atomic mass is 32.2. The third-order valence-electron chi connectivity index (χ3n) is 4.36. The van der Waals surface area contributed by atoms with Gasteiger partial charge in [-0.2, -0.15) is 0 Å².